The van der Waals surface area contributed by atoms with Gasteiger partial charge in [0.15, 0.2) is 0 Å². The number of aryl methyl sites for hydroxylation is 2. The lowest BCUT2D eigenvalue weighted by Gasteiger charge is -2.06. The average Bonchev–Trinajstić information content (AvgIpc) is 2.36. The summed E-state index contributed by atoms with van der Waals surface area (Å²) in [5, 5.41) is 11.7. The molecule has 0 radical (unpaired) electrons. The zero-order chi connectivity index (χ0) is 13.0. The van der Waals surface area contributed by atoms with E-state index in [-0.39, 0.29) is 0 Å². The van der Waals surface area contributed by atoms with Crippen molar-refractivity contribution in [3.63, 3.8) is 0 Å². The van der Waals surface area contributed by atoms with E-state index in [4.69, 9.17) is 0 Å². The maximum Gasteiger partial charge on any atom is 0.148 e. The molecule has 0 aliphatic rings. The number of rotatable bonds is 4. The smallest absolute Gasteiger partial charge is 0.148 e. The third-order valence-electron chi connectivity index (χ3n) is 2.74. The molecule has 0 aliphatic carbocycles. The van der Waals surface area contributed by atoms with Crippen molar-refractivity contribution in [2.45, 2.75) is 27.2 Å². The van der Waals surface area contributed by atoms with E-state index in [0.29, 0.717) is 0 Å². The number of benzene rings is 1. The van der Waals surface area contributed by atoms with Crippen LogP contribution in [0.5, 0.6) is 0 Å². The highest BCUT2D eigenvalue weighted by atomic mass is 15.2. The Balaban J connectivity index is 2.23. The van der Waals surface area contributed by atoms with Gasteiger partial charge in [0.2, 0.25) is 0 Å². The lowest BCUT2D eigenvalue weighted by Crippen LogP contribution is -2.02. The van der Waals surface area contributed by atoms with E-state index in [1.54, 1.807) is 0 Å². The lowest BCUT2D eigenvalue weighted by molar-refractivity contribution is 0.945. The van der Waals surface area contributed by atoms with Crippen LogP contribution in [0, 0.1) is 13.8 Å². The van der Waals surface area contributed by atoms with E-state index in [0.717, 1.165) is 30.0 Å². The van der Waals surface area contributed by atoms with Crippen LogP contribution in [-0.4, -0.2) is 16.7 Å². The van der Waals surface area contributed by atoms with Crippen LogP contribution in [-0.2, 0) is 0 Å². The van der Waals surface area contributed by atoms with Gasteiger partial charge < -0.3 is 5.32 Å². The summed E-state index contributed by atoms with van der Waals surface area (Å²) in [5.74, 6) is 0.838. The first-order chi connectivity index (χ1) is 8.69. The first-order valence-electron chi connectivity index (χ1n) is 6.35. The molecular weight excluding hydrogens is 222 g/mol. The van der Waals surface area contributed by atoms with E-state index in [9.17, 15) is 0 Å². The number of hydrogen-bond acceptors (Lipinski definition) is 3. The highest BCUT2D eigenvalue weighted by molar-refractivity contribution is 5.61. The van der Waals surface area contributed by atoms with E-state index in [2.05, 4.69) is 54.5 Å². The second-order valence-electron chi connectivity index (χ2n) is 4.61. The molecule has 3 nitrogen and oxygen atoms in total. The monoisotopic (exact) mass is 241 g/mol. The third-order valence-corrected chi connectivity index (χ3v) is 2.74. The fraction of sp³-hybridized carbons (Fsp3) is 0.333. The molecule has 0 spiro atoms. The molecule has 3 heteroatoms. The number of nitrogens with one attached hydrogen (secondary N) is 1. The van der Waals surface area contributed by atoms with Gasteiger partial charge in [0.1, 0.15) is 5.82 Å². The van der Waals surface area contributed by atoms with E-state index < -0.39 is 0 Å². The molecule has 0 aliphatic heterocycles. The molecule has 0 bridgehead atoms. The Kier molecular flexibility index (Phi) is 3.92. The van der Waals surface area contributed by atoms with Crippen molar-refractivity contribution >= 4 is 5.82 Å². The molecule has 2 aromatic rings. The highest BCUT2D eigenvalue weighted by Gasteiger charge is 2.02. The second-order valence-corrected chi connectivity index (χ2v) is 4.61. The Hall–Kier alpha value is -1.90. The maximum absolute atomic E-state index is 4.27. The summed E-state index contributed by atoms with van der Waals surface area (Å²) in [5.41, 5.74) is 4.55. The topological polar surface area (TPSA) is 37.8 Å². The summed E-state index contributed by atoms with van der Waals surface area (Å²) in [6.45, 7) is 7.25. The standard InChI is InChI=1S/C15H19N3/c1-4-7-16-15-6-5-14(17-18-15)13-9-11(2)8-12(3)10-13/h5-6,8-10H,4,7H2,1-3H3,(H,16,18). The lowest BCUT2D eigenvalue weighted by atomic mass is 10.1. The van der Waals surface area contributed by atoms with Crippen molar-refractivity contribution in [1.82, 2.24) is 10.2 Å². The van der Waals surface area contributed by atoms with Gasteiger partial charge in [-0.2, -0.15) is 0 Å². The molecule has 2 rings (SSSR count). The Morgan fingerprint density at radius 3 is 2.28 bits per heavy atom. The molecular formula is C15H19N3. The minimum absolute atomic E-state index is 0.838. The molecule has 18 heavy (non-hydrogen) atoms. The SMILES string of the molecule is CCCNc1ccc(-c2cc(C)cc(C)c2)nn1. The number of nitrogens with zero attached hydrogens (tertiary/aromatic N) is 2. The molecule has 1 N–H and O–H groups in total. The molecule has 1 aromatic heterocycles. The molecule has 0 amide bonds. The molecule has 0 unspecified atom stereocenters. The summed E-state index contributed by atoms with van der Waals surface area (Å²) in [6, 6.07) is 10.4. The summed E-state index contributed by atoms with van der Waals surface area (Å²) in [4.78, 5) is 0. The third kappa shape index (κ3) is 3.06. The van der Waals surface area contributed by atoms with Gasteiger partial charge in [-0.15, -0.1) is 10.2 Å². The van der Waals surface area contributed by atoms with Crippen molar-refractivity contribution in [2.24, 2.45) is 0 Å². The zero-order valence-corrected chi connectivity index (χ0v) is 11.2. The molecule has 94 valence electrons. The Morgan fingerprint density at radius 1 is 1.00 bits per heavy atom. The van der Waals surface area contributed by atoms with Crippen LogP contribution >= 0.6 is 0 Å². The summed E-state index contributed by atoms with van der Waals surface area (Å²) >= 11 is 0. The fourth-order valence-corrected chi connectivity index (χ4v) is 1.96. The van der Waals surface area contributed by atoms with Crippen LogP contribution < -0.4 is 5.32 Å². The largest absolute Gasteiger partial charge is 0.369 e. The van der Waals surface area contributed by atoms with Crippen LogP contribution in [0.25, 0.3) is 11.3 Å². The minimum atomic E-state index is 0.838. The van der Waals surface area contributed by atoms with Gasteiger partial charge in [0.05, 0.1) is 5.69 Å². The van der Waals surface area contributed by atoms with Crippen LogP contribution in [0.4, 0.5) is 5.82 Å². The molecule has 0 saturated heterocycles. The fourth-order valence-electron chi connectivity index (χ4n) is 1.96. The van der Waals surface area contributed by atoms with Crippen molar-refractivity contribution in [2.75, 3.05) is 11.9 Å². The molecule has 0 fully saturated rings. The minimum Gasteiger partial charge on any atom is -0.369 e. The van der Waals surface area contributed by atoms with Crippen LogP contribution in [0.3, 0.4) is 0 Å². The zero-order valence-electron chi connectivity index (χ0n) is 11.2. The molecule has 1 aromatic carbocycles. The predicted octanol–water partition coefficient (Wildman–Crippen LogP) is 3.58. The first-order valence-corrected chi connectivity index (χ1v) is 6.35. The Labute approximate surface area is 108 Å². The normalized spacial score (nSPS) is 10.4. The molecule has 1 heterocycles. The van der Waals surface area contributed by atoms with Gasteiger partial charge in [0.25, 0.3) is 0 Å². The van der Waals surface area contributed by atoms with Crippen LogP contribution in [0.2, 0.25) is 0 Å². The number of aromatic nitrogens is 2. The van der Waals surface area contributed by atoms with Crippen molar-refractivity contribution in [3.8, 4) is 11.3 Å². The molecule has 0 saturated carbocycles. The summed E-state index contributed by atoms with van der Waals surface area (Å²) in [7, 11) is 0. The van der Waals surface area contributed by atoms with Gasteiger partial charge in [0, 0.05) is 12.1 Å². The number of hydrogen-bond donors (Lipinski definition) is 1. The van der Waals surface area contributed by atoms with Crippen molar-refractivity contribution in [3.05, 3.63) is 41.5 Å². The second kappa shape index (κ2) is 5.63. The average molecular weight is 241 g/mol. The predicted molar refractivity (Wildman–Crippen MR) is 75.7 cm³/mol. The van der Waals surface area contributed by atoms with Crippen molar-refractivity contribution < 1.29 is 0 Å². The van der Waals surface area contributed by atoms with Gasteiger partial charge in [-0.25, -0.2) is 0 Å². The van der Waals surface area contributed by atoms with Gasteiger partial charge in [-0.05, 0) is 44.5 Å². The van der Waals surface area contributed by atoms with Gasteiger partial charge in [-0.3, -0.25) is 0 Å². The van der Waals surface area contributed by atoms with Crippen LogP contribution in [0.15, 0.2) is 30.3 Å². The summed E-state index contributed by atoms with van der Waals surface area (Å²) in [6.07, 6.45) is 1.08. The molecule has 0 atom stereocenters. The quantitative estimate of drug-likeness (QED) is 0.889. The summed E-state index contributed by atoms with van der Waals surface area (Å²) < 4.78 is 0. The van der Waals surface area contributed by atoms with Gasteiger partial charge in [-0.1, -0.05) is 24.1 Å². The van der Waals surface area contributed by atoms with Crippen LogP contribution in [0.1, 0.15) is 24.5 Å². The van der Waals surface area contributed by atoms with E-state index in [1.165, 1.54) is 11.1 Å². The van der Waals surface area contributed by atoms with E-state index in [1.807, 2.05) is 12.1 Å². The van der Waals surface area contributed by atoms with Gasteiger partial charge >= 0.3 is 0 Å². The first kappa shape index (κ1) is 12.6. The highest BCUT2D eigenvalue weighted by Crippen LogP contribution is 2.20. The van der Waals surface area contributed by atoms with E-state index >= 15 is 0 Å². The Morgan fingerprint density at radius 2 is 1.72 bits per heavy atom. The van der Waals surface area contributed by atoms with Crippen molar-refractivity contribution in [1.29, 1.82) is 0 Å². The maximum atomic E-state index is 4.27. The number of anilines is 1. The Bertz CT molecular complexity index is 498.